The van der Waals surface area contributed by atoms with Gasteiger partial charge >= 0.3 is 0 Å². The maximum absolute atomic E-state index is 11.3. The average molecular weight is 226 g/mol. The van der Waals surface area contributed by atoms with Crippen LogP contribution < -0.4 is 5.32 Å². The van der Waals surface area contributed by atoms with Crippen molar-refractivity contribution >= 4 is 17.2 Å². The summed E-state index contributed by atoms with van der Waals surface area (Å²) in [6.45, 7) is 5.41. The second-order valence-electron chi connectivity index (χ2n) is 3.84. The second-order valence-corrected chi connectivity index (χ2v) is 5.18. The summed E-state index contributed by atoms with van der Waals surface area (Å²) in [6, 6.07) is 2.17. The highest BCUT2D eigenvalue weighted by Gasteiger charge is 2.04. The molecule has 0 aliphatic heterocycles. The van der Waals surface area contributed by atoms with Crippen LogP contribution in [0.3, 0.4) is 0 Å². The van der Waals surface area contributed by atoms with E-state index in [1.807, 2.05) is 0 Å². The molecule has 3 nitrogen and oxygen atoms in total. The lowest BCUT2D eigenvalue weighted by atomic mass is 10.3. The predicted molar refractivity (Wildman–Crippen MR) is 64.2 cm³/mol. The van der Waals surface area contributed by atoms with Crippen molar-refractivity contribution in [2.75, 3.05) is 20.6 Å². The molecule has 0 aliphatic carbocycles. The normalized spacial score (nSPS) is 10.4. The van der Waals surface area contributed by atoms with Gasteiger partial charge in [0, 0.05) is 30.4 Å². The van der Waals surface area contributed by atoms with Gasteiger partial charge in [0.1, 0.15) is 0 Å². The van der Waals surface area contributed by atoms with E-state index in [1.54, 1.807) is 30.3 Å². The van der Waals surface area contributed by atoms with Gasteiger partial charge in [-0.25, -0.2) is 0 Å². The SMILES string of the molecule is Cc1cc(CNCC(=O)N(C)C)sc1C. The Morgan fingerprint density at radius 1 is 1.47 bits per heavy atom. The van der Waals surface area contributed by atoms with Crippen LogP contribution in [0.2, 0.25) is 0 Å². The van der Waals surface area contributed by atoms with Crippen molar-refractivity contribution < 1.29 is 4.79 Å². The van der Waals surface area contributed by atoms with Gasteiger partial charge in [-0.15, -0.1) is 11.3 Å². The molecule has 1 aromatic rings. The van der Waals surface area contributed by atoms with Crippen LogP contribution >= 0.6 is 11.3 Å². The molecule has 0 bridgehead atoms. The molecule has 1 amide bonds. The molecule has 1 rings (SSSR count). The maximum Gasteiger partial charge on any atom is 0.236 e. The first-order chi connectivity index (χ1) is 7.00. The van der Waals surface area contributed by atoms with Crippen molar-refractivity contribution in [2.24, 2.45) is 0 Å². The van der Waals surface area contributed by atoms with Crippen LogP contribution in [0.1, 0.15) is 15.3 Å². The van der Waals surface area contributed by atoms with E-state index in [1.165, 1.54) is 15.3 Å². The van der Waals surface area contributed by atoms with E-state index in [0.29, 0.717) is 6.54 Å². The molecule has 15 heavy (non-hydrogen) atoms. The third kappa shape index (κ3) is 3.64. The lowest BCUT2D eigenvalue weighted by Crippen LogP contribution is -2.32. The van der Waals surface area contributed by atoms with E-state index >= 15 is 0 Å². The number of carbonyl (C=O) groups excluding carboxylic acids is 1. The number of carbonyl (C=O) groups is 1. The largest absolute Gasteiger partial charge is 0.348 e. The Bertz CT molecular complexity index is 325. The van der Waals surface area contributed by atoms with Gasteiger partial charge in [0.15, 0.2) is 0 Å². The smallest absolute Gasteiger partial charge is 0.236 e. The maximum atomic E-state index is 11.3. The Kier molecular flexibility index (Phi) is 4.29. The van der Waals surface area contributed by atoms with Crippen LogP contribution in [-0.2, 0) is 11.3 Å². The summed E-state index contributed by atoms with van der Waals surface area (Å²) in [4.78, 5) is 15.5. The highest BCUT2D eigenvalue weighted by Crippen LogP contribution is 2.19. The Labute approximate surface area is 95.1 Å². The zero-order valence-corrected chi connectivity index (χ0v) is 10.6. The number of aryl methyl sites for hydroxylation is 2. The summed E-state index contributed by atoms with van der Waals surface area (Å²) < 4.78 is 0. The monoisotopic (exact) mass is 226 g/mol. The van der Waals surface area contributed by atoms with Crippen molar-refractivity contribution in [3.63, 3.8) is 0 Å². The highest BCUT2D eigenvalue weighted by molar-refractivity contribution is 7.12. The molecule has 0 atom stereocenters. The molecular formula is C11H18N2OS. The first-order valence-corrected chi connectivity index (χ1v) is 5.79. The summed E-state index contributed by atoms with van der Waals surface area (Å²) in [5.74, 6) is 0.111. The van der Waals surface area contributed by atoms with E-state index in [4.69, 9.17) is 0 Å². The Morgan fingerprint density at radius 2 is 2.13 bits per heavy atom. The molecule has 84 valence electrons. The number of nitrogens with one attached hydrogen (secondary N) is 1. The van der Waals surface area contributed by atoms with Crippen LogP contribution in [0.5, 0.6) is 0 Å². The summed E-state index contributed by atoms with van der Waals surface area (Å²) in [5, 5.41) is 3.14. The van der Waals surface area contributed by atoms with Gasteiger partial charge in [0.05, 0.1) is 6.54 Å². The van der Waals surface area contributed by atoms with Crippen molar-refractivity contribution in [1.82, 2.24) is 10.2 Å². The van der Waals surface area contributed by atoms with Crippen LogP contribution in [-0.4, -0.2) is 31.4 Å². The molecule has 0 fully saturated rings. The lowest BCUT2D eigenvalue weighted by molar-refractivity contribution is -0.127. The third-order valence-electron chi connectivity index (χ3n) is 2.29. The lowest BCUT2D eigenvalue weighted by Gasteiger charge is -2.10. The Morgan fingerprint density at radius 3 is 2.60 bits per heavy atom. The topological polar surface area (TPSA) is 32.3 Å². The van der Waals surface area contributed by atoms with Crippen LogP contribution in [0.15, 0.2) is 6.07 Å². The fraction of sp³-hybridized carbons (Fsp3) is 0.545. The van der Waals surface area contributed by atoms with Crippen molar-refractivity contribution in [1.29, 1.82) is 0 Å². The molecule has 1 heterocycles. The van der Waals surface area contributed by atoms with Gasteiger partial charge in [-0.1, -0.05) is 0 Å². The molecular weight excluding hydrogens is 208 g/mol. The molecule has 0 unspecified atom stereocenters. The van der Waals surface area contributed by atoms with Crippen molar-refractivity contribution in [3.05, 3.63) is 21.4 Å². The van der Waals surface area contributed by atoms with Crippen LogP contribution in [0, 0.1) is 13.8 Å². The zero-order chi connectivity index (χ0) is 11.4. The van der Waals surface area contributed by atoms with Gasteiger partial charge in [-0.05, 0) is 25.5 Å². The van der Waals surface area contributed by atoms with Gasteiger partial charge in [0.2, 0.25) is 5.91 Å². The predicted octanol–water partition coefficient (Wildman–Crippen LogP) is 1.54. The second kappa shape index (κ2) is 5.28. The van der Waals surface area contributed by atoms with Gasteiger partial charge in [-0.3, -0.25) is 4.79 Å². The summed E-state index contributed by atoms with van der Waals surface area (Å²) in [7, 11) is 3.53. The standard InChI is InChI=1S/C11H18N2OS/c1-8-5-10(15-9(8)2)6-12-7-11(14)13(3)4/h5,12H,6-7H2,1-4H3. The first-order valence-electron chi connectivity index (χ1n) is 4.97. The zero-order valence-electron chi connectivity index (χ0n) is 9.76. The van der Waals surface area contributed by atoms with Gasteiger partial charge in [0.25, 0.3) is 0 Å². The minimum Gasteiger partial charge on any atom is -0.348 e. The van der Waals surface area contributed by atoms with E-state index in [0.717, 1.165) is 6.54 Å². The fourth-order valence-electron chi connectivity index (χ4n) is 1.19. The number of hydrogen-bond acceptors (Lipinski definition) is 3. The molecule has 0 spiro atoms. The van der Waals surface area contributed by atoms with E-state index in [9.17, 15) is 4.79 Å². The average Bonchev–Trinajstić information content (AvgIpc) is 2.46. The first kappa shape index (κ1) is 12.2. The Hall–Kier alpha value is -0.870. The quantitative estimate of drug-likeness (QED) is 0.844. The molecule has 0 saturated heterocycles. The van der Waals surface area contributed by atoms with E-state index < -0.39 is 0 Å². The van der Waals surface area contributed by atoms with E-state index in [2.05, 4.69) is 25.2 Å². The molecule has 0 aliphatic rings. The Balaban J connectivity index is 2.35. The molecule has 0 aromatic carbocycles. The van der Waals surface area contributed by atoms with Crippen molar-refractivity contribution in [2.45, 2.75) is 20.4 Å². The molecule has 1 N–H and O–H groups in total. The molecule has 1 aromatic heterocycles. The van der Waals surface area contributed by atoms with Gasteiger partial charge in [-0.2, -0.15) is 0 Å². The minimum atomic E-state index is 0.111. The number of amides is 1. The molecule has 0 saturated carbocycles. The molecule has 0 radical (unpaired) electrons. The minimum absolute atomic E-state index is 0.111. The number of likely N-dealkylation sites (N-methyl/N-ethyl adjacent to an activating group) is 1. The van der Waals surface area contributed by atoms with Crippen LogP contribution in [0.25, 0.3) is 0 Å². The number of nitrogens with zero attached hydrogens (tertiary/aromatic N) is 1. The third-order valence-corrected chi connectivity index (χ3v) is 3.44. The summed E-state index contributed by atoms with van der Waals surface area (Å²) in [5.41, 5.74) is 1.33. The van der Waals surface area contributed by atoms with Gasteiger partial charge < -0.3 is 10.2 Å². The summed E-state index contributed by atoms with van der Waals surface area (Å²) in [6.07, 6.45) is 0. The number of hydrogen-bond donors (Lipinski definition) is 1. The van der Waals surface area contributed by atoms with Crippen LogP contribution in [0.4, 0.5) is 0 Å². The van der Waals surface area contributed by atoms with Crippen molar-refractivity contribution in [3.8, 4) is 0 Å². The highest BCUT2D eigenvalue weighted by atomic mass is 32.1. The van der Waals surface area contributed by atoms with E-state index in [-0.39, 0.29) is 5.91 Å². The fourth-order valence-corrected chi connectivity index (χ4v) is 2.21. The molecule has 4 heteroatoms. The number of rotatable bonds is 4. The number of thiophene rings is 1. The summed E-state index contributed by atoms with van der Waals surface area (Å²) >= 11 is 1.79.